The van der Waals surface area contributed by atoms with Gasteiger partial charge in [-0.25, -0.2) is 14.0 Å². The van der Waals surface area contributed by atoms with Gasteiger partial charge in [-0.2, -0.15) is 0 Å². The summed E-state index contributed by atoms with van der Waals surface area (Å²) in [6, 6.07) is 5.01. The van der Waals surface area contributed by atoms with Crippen molar-refractivity contribution in [1.82, 2.24) is 30.7 Å². The number of rotatable bonds is 6. The Hall–Kier alpha value is -4.81. The Labute approximate surface area is 344 Å². The third kappa shape index (κ3) is 9.84. The van der Waals surface area contributed by atoms with E-state index in [4.69, 9.17) is 4.74 Å². The van der Waals surface area contributed by atoms with E-state index in [0.29, 0.717) is 43.4 Å². The third-order valence-corrected chi connectivity index (χ3v) is 11.8. The van der Waals surface area contributed by atoms with Gasteiger partial charge < -0.3 is 40.7 Å². The molecule has 57 heavy (non-hydrogen) atoms. The molecule has 2 aromatic rings. The lowest BCUT2D eigenvalue weighted by Gasteiger charge is -2.39. The highest BCUT2D eigenvalue weighted by atomic mass is 127. The van der Waals surface area contributed by atoms with Crippen molar-refractivity contribution in [3.05, 3.63) is 63.5 Å². The van der Waals surface area contributed by atoms with Crippen LogP contribution < -0.4 is 21.3 Å². The lowest BCUT2D eigenvalue weighted by molar-refractivity contribution is -0.163. The van der Waals surface area contributed by atoms with Crippen molar-refractivity contribution in [2.24, 2.45) is 5.92 Å². The Morgan fingerprint density at radius 3 is 2.32 bits per heavy atom. The van der Waals surface area contributed by atoms with Gasteiger partial charge in [0.1, 0.15) is 48.2 Å². The van der Waals surface area contributed by atoms with Crippen LogP contribution in [0, 0.1) is 15.3 Å². The van der Waals surface area contributed by atoms with Crippen molar-refractivity contribution in [2.75, 3.05) is 25.0 Å². The minimum absolute atomic E-state index is 0.0824. The van der Waals surface area contributed by atoms with Crippen LogP contribution >= 0.6 is 22.6 Å². The van der Waals surface area contributed by atoms with Gasteiger partial charge in [-0.05, 0) is 123 Å². The van der Waals surface area contributed by atoms with E-state index in [1.165, 1.54) is 39.8 Å². The molecule has 4 aliphatic rings. The van der Waals surface area contributed by atoms with Crippen LogP contribution in [0.25, 0.3) is 0 Å². The molecule has 4 heterocycles. The molecule has 0 radical (unpaired) electrons. The van der Waals surface area contributed by atoms with Gasteiger partial charge >= 0.3 is 12.0 Å². The smallest absolute Gasteiger partial charge is 0.329 e. The van der Waals surface area contributed by atoms with Crippen LogP contribution in [0.3, 0.4) is 0 Å². The number of fused-ring (bicyclic) bond motifs is 3. The zero-order valence-electron chi connectivity index (χ0n) is 32.2. The quantitative estimate of drug-likeness (QED) is 0.252. The summed E-state index contributed by atoms with van der Waals surface area (Å²) in [5.41, 5.74) is 0.834. The molecule has 4 N–H and O–H groups in total. The largest absolute Gasteiger partial charge is 0.458 e. The monoisotopic (exact) mass is 901 g/mol. The molecule has 0 aromatic heterocycles. The first-order chi connectivity index (χ1) is 27.2. The first kappa shape index (κ1) is 41.8. The summed E-state index contributed by atoms with van der Waals surface area (Å²) in [4.78, 5) is 102. The van der Waals surface area contributed by atoms with Crippen LogP contribution in [-0.2, 0) is 39.9 Å². The molecule has 0 spiro atoms. The van der Waals surface area contributed by atoms with Crippen molar-refractivity contribution < 1.29 is 42.7 Å². The molecular weight excluding hydrogens is 852 g/mol. The molecule has 0 aliphatic carbocycles. The van der Waals surface area contributed by atoms with Crippen molar-refractivity contribution in [2.45, 2.75) is 108 Å². The maximum atomic E-state index is 14.7. The van der Waals surface area contributed by atoms with Crippen LogP contribution in [0.5, 0.6) is 0 Å². The number of ether oxygens (including phenoxy) is 1. The lowest BCUT2D eigenvalue weighted by Crippen LogP contribution is -2.63. The van der Waals surface area contributed by atoms with Crippen molar-refractivity contribution in [3.63, 3.8) is 0 Å². The normalized spacial score (nSPS) is 27.8. The van der Waals surface area contributed by atoms with E-state index in [1.807, 2.05) is 6.92 Å². The number of halogens is 2. The zero-order chi connectivity index (χ0) is 41.0. The van der Waals surface area contributed by atoms with E-state index < -0.39 is 89.7 Å². The highest BCUT2D eigenvalue weighted by molar-refractivity contribution is 14.1. The van der Waals surface area contributed by atoms with E-state index in [-0.39, 0.29) is 38.4 Å². The fourth-order valence-electron chi connectivity index (χ4n) is 8.19. The van der Waals surface area contributed by atoms with Crippen LogP contribution in [-0.4, -0.2) is 118 Å². The number of nitrogens with zero attached hydrogens (tertiary/aromatic N) is 3. The highest BCUT2D eigenvalue weighted by Gasteiger charge is 2.47. The van der Waals surface area contributed by atoms with Gasteiger partial charge in [0.25, 0.3) is 0 Å². The van der Waals surface area contributed by atoms with E-state index in [0.717, 1.165) is 3.57 Å². The molecule has 0 unspecified atom stereocenters. The third-order valence-electron chi connectivity index (χ3n) is 11.1. The van der Waals surface area contributed by atoms with Gasteiger partial charge in [-0.1, -0.05) is 19.1 Å². The van der Waals surface area contributed by atoms with E-state index in [9.17, 15) is 38.0 Å². The number of carbonyl (C=O) groups is 7. The fraction of sp³-hybridized carbons (Fsp3) is 0.525. The number of cyclic esters (lactones) is 1. The predicted molar refractivity (Wildman–Crippen MR) is 214 cm³/mol. The number of piperidine rings is 1. The van der Waals surface area contributed by atoms with Gasteiger partial charge in [-0.3, -0.25) is 24.0 Å². The zero-order valence-corrected chi connectivity index (χ0v) is 34.3. The molecule has 15 nitrogen and oxygen atoms in total. The number of amides is 7. The number of nitrogens with one attached hydrogen (secondary N) is 4. The second-order valence-corrected chi connectivity index (χ2v) is 16.7. The first-order valence-electron chi connectivity index (χ1n) is 19.5. The Morgan fingerprint density at radius 2 is 1.58 bits per heavy atom. The van der Waals surface area contributed by atoms with Crippen LogP contribution in [0.1, 0.15) is 64.9 Å². The maximum absolute atomic E-state index is 14.7. The summed E-state index contributed by atoms with van der Waals surface area (Å²) < 4.78 is 21.2. The number of hydrogen-bond donors (Lipinski definition) is 4. The molecule has 2 aromatic carbocycles. The molecule has 17 heteroatoms. The Kier molecular flexibility index (Phi) is 13.3. The highest BCUT2D eigenvalue weighted by Crippen LogP contribution is 2.29. The summed E-state index contributed by atoms with van der Waals surface area (Å²) in [5, 5.41) is 10.8. The van der Waals surface area contributed by atoms with E-state index in [1.54, 1.807) is 37.3 Å². The van der Waals surface area contributed by atoms with Crippen molar-refractivity contribution in [1.29, 1.82) is 0 Å². The Bertz CT molecular complexity index is 1880. The number of anilines is 1. The van der Waals surface area contributed by atoms with Gasteiger partial charge in [0.05, 0.1) is 0 Å². The van der Waals surface area contributed by atoms with Crippen molar-refractivity contribution >= 4 is 69.8 Å². The standard InChI is InChI=1S/C40H49FIN7O8/c1-22-18-32-39(55)57-24(3)33(46-34(50)29(20-25-8-6-9-26(41)19-25)45-40(56)44-28-14-12-27(42)13-15-28)38(54)48-17-7-11-31(48)37(53)47-16-5-4-10-30(47)35(51)43-23(2)36(52)49(32)21-22/h6,8-9,12-15,19,22-24,29-33H,4-5,7,10-11,16-18,20-21H2,1-3H3,(H,43,51)(H,46,50)(H2,44,45,56)/t22-,23+,24+,29+,30+,31+,32+,33+/m1/s1. The summed E-state index contributed by atoms with van der Waals surface area (Å²) in [6.07, 6.45) is 1.28. The molecule has 6 rings (SSSR count). The molecule has 8 atom stereocenters. The van der Waals surface area contributed by atoms with Crippen LogP contribution in [0.15, 0.2) is 48.5 Å². The van der Waals surface area contributed by atoms with Crippen molar-refractivity contribution in [3.8, 4) is 0 Å². The summed E-state index contributed by atoms with van der Waals surface area (Å²) in [7, 11) is 0. The summed E-state index contributed by atoms with van der Waals surface area (Å²) >= 11 is 2.13. The van der Waals surface area contributed by atoms with Gasteiger partial charge in [-0.15, -0.1) is 0 Å². The molecule has 306 valence electrons. The molecule has 4 fully saturated rings. The average molecular weight is 902 g/mol. The van der Waals surface area contributed by atoms with E-state index >= 15 is 0 Å². The summed E-state index contributed by atoms with van der Waals surface area (Å²) in [5.74, 6) is -4.35. The fourth-order valence-corrected chi connectivity index (χ4v) is 8.55. The van der Waals surface area contributed by atoms with Gasteiger partial charge in [0.15, 0.2) is 0 Å². The van der Waals surface area contributed by atoms with Gasteiger partial charge in [0.2, 0.25) is 29.5 Å². The molecule has 0 saturated carbocycles. The number of esters is 1. The predicted octanol–water partition coefficient (Wildman–Crippen LogP) is 2.71. The first-order valence-corrected chi connectivity index (χ1v) is 20.6. The van der Waals surface area contributed by atoms with Crippen LogP contribution in [0.4, 0.5) is 14.9 Å². The Balaban J connectivity index is 1.33. The molecule has 7 amide bonds. The average Bonchev–Trinajstić information content (AvgIpc) is 3.83. The second-order valence-electron chi connectivity index (χ2n) is 15.4. The lowest BCUT2D eigenvalue weighted by atomic mass is 9.99. The summed E-state index contributed by atoms with van der Waals surface area (Å²) in [6.45, 7) is 5.56. The molecule has 4 saturated heterocycles. The molecular formula is C40H49FIN7O8. The SMILES string of the molecule is C[C@@H]1C[C@H]2C(=O)O[C@@H](C)[C@H](NC(=O)[C@H](Cc3cccc(F)c3)NC(=O)Nc3ccc(I)cc3)C(=O)N3CCC[C@H]3C(=O)N3CCCC[C@H]3C(=O)N[C@@H](C)C(=O)N2C1. The maximum Gasteiger partial charge on any atom is 0.329 e. The molecule has 4 aliphatic heterocycles. The number of urea groups is 1. The number of carbonyl (C=O) groups excluding carboxylic acids is 7. The van der Waals surface area contributed by atoms with E-state index in [2.05, 4.69) is 43.9 Å². The number of hydrogen-bond acceptors (Lipinski definition) is 8. The Morgan fingerprint density at radius 1 is 0.877 bits per heavy atom. The van der Waals surface area contributed by atoms with Gasteiger partial charge in [0, 0.05) is 35.3 Å². The number of benzene rings is 2. The topological polar surface area (TPSA) is 187 Å². The van der Waals surface area contributed by atoms with Crippen LogP contribution in [0.2, 0.25) is 0 Å². The molecule has 0 bridgehead atoms. The minimum Gasteiger partial charge on any atom is -0.458 e. The second kappa shape index (κ2) is 18.2. The minimum atomic E-state index is -1.54.